The van der Waals surface area contributed by atoms with Crippen LogP contribution in [0.25, 0.3) is 72.0 Å². The minimum Gasteiger partial charge on any atom is -0.309 e. The monoisotopic (exact) mass is 679 g/mol. The second-order valence-corrected chi connectivity index (χ2v) is 14.2. The molecular formula is C52H41N. The Balaban J connectivity index is 1.08. The summed E-state index contributed by atoms with van der Waals surface area (Å²) in [6.45, 7) is 4.57. The molecule has 0 amide bonds. The third-order valence-electron chi connectivity index (χ3n) is 10.8. The molecule has 0 N–H and O–H groups in total. The van der Waals surface area contributed by atoms with Crippen molar-refractivity contribution < 1.29 is 0 Å². The van der Waals surface area contributed by atoms with Gasteiger partial charge in [-0.1, -0.05) is 177 Å². The van der Waals surface area contributed by atoms with E-state index in [1.54, 1.807) is 0 Å². The quantitative estimate of drug-likeness (QED) is 0.151. The van der Waals surface area contributed by atoms with E-state index in [-0.39, 0.29) is 0 Å². The Kier molecular flexibility index (Phi) is 8.54. The van der Waals surface area contributed by atoms with Gasteiger partial charge in [-0.05, 0) is 105 Å². The van der Waals surface area contributed by atoms with Crippen molar-refractivity contribution in [2.24, 2.45) is 0 Å². The molecule has 0 fully saturated rings. The molecule has 1 heteroatoms. The van der Waals surface area contributed by atoms with Crippen LogP contribution in [-0.4, -0.2) is 4.57 Å². The Hall–Kier alpha value is -6.44. The summed E-state index contributed by atoms with van der Waals surface area (Å²) in [5, 5.41) is 2.55. The van der Waals surface area contributed by atoms with Crippen LogP contribution < -0.4 is 0 Å². The molecule has 1 nitrogen and oxygen atoms in total. The summed E-state index contributed by atoms with van der Waals surface area (Å²) >= 11 is 0. The molecule has 0 aliphatic rings. The smallest absolute Gasteiger partial charge is 0.0541 e. The number of hydrogen-bond acceptors (Lipinski definition) is 0. The second kappa shape index (κ2) is 13.9. The number of rotatable bonds is 8. The van der Waals surface area contributed by atoms with E-state index in [2.05, 4.69) is 213 Å². The summed E-state index contributed by atoms with van der Waals surface area (Å²) in [4.78, 5) is 0. The molecule has 0 bridgehead atoms. The Morgan fingerprint density at radius 2 is 0.906 bits per heavy atom. The van der Waals surface area contributed by atoms with Gasteiger partial charge < -0.3 is 4.57 Å². The normalized spacial score (nSPS) is 12.0. The van der Waals surface area contributed by atoms with Gasteiger partial charge in [0.2, 0.25) is 0 Å². The van der Waals surface area contributed by atoms with Crippen molar-refractivity contribution in [1.29, 1.82) is 0 Å². The van der Waals surface area contributed by atoms with Crippen LogP contribution in [-0.2, 0) is 6.42 Å². The number of nitrogens with zero attached hydrogens (tertiary/aromatic N) is 1. The first kappa shape index (κ1) is 32.5. The van der Waals surface area contributed by atoms with Crippen LogP contribution in [0.2, 0.25) is 0 Å². The zero-order valence-electron chi connectivity index (χ0n) is 30.2. The minimum absolute atomic E-state index is 0.360. The standard InChI is InChI=1S/C52H41N/c1-36-17-3-4-22-42(36)46-26-8-5-23-43(46)37(2)33-38-18-15-19-39(34-38)44-24-6-9-27-47(44)48-28-10-7-25-45(48)40-20-16-21-41(35-40)53-51-31-13-11-29-49(51)50-30-12-14-32-52(50)53/h3-32,34-35,37H,33H2,1-2H3. The summed E-state index contributed by atoms with van der Waals surface area (Å²) in [5.74, 6) is 0.360. The first-order valence-corrected chi connectivity index (χ1v) is 18.7. The van der Waals surface area contributed by atoms with Crippen molar-refractivity contribution in [3.63, 3.8) is 0 Å². The lowest BCUT2D eigenvalue weighted by atomic mass is 9.85. The van der Waals surface area contributed by atoms with E-state index >= 15 is 0 Å². The molecule has 8 aromatic carbocycles. The first-order chi connectivity index (χ1) is 26.1. The minimum atomic E-state index is 0.360. The van der Waals surface area contributed by atoms with Gasteiger partial charge in [0, 0.05) is 16.5 Å². The molecule has 0 saturated carbocycles. The zero-order valence-corrected chi connectivity index (χ0v) is 30.2. The van der Waals surface area contributed by atoms with Gasteiger partial charge in [-0.25, -0.2) is 0 Å². The van der Waals surface area contributed by atoms with Crippen molar-refractivity contribution >= 4 is 21.8 Å². The van der Waals surface area contributed by atoms with E-state index in [4.69, 9.17) is 0 Å². The maximum absolute atomic E-state index is 2.40. The molecule has 0 aliphatic carbocycles. The van der Waals surface area contributed by atoms with Crippen LogP contribution in [0.1, 0.15) is 29.5 Å². The molecule has 1 unspecified atom stereocenters. The number of aromatic nitrogens is 1. The molecule has 0 aliphatic heterocycles. The Bertz CT molecular complexity index is 2690. The average Bonchev–Trinajstić information content (AvgIpc) is 3.56. The van der Waals surface area contributed by atoms with Crippen molar-refractivity contribution in [2.75, 3.05) is 0 Å². The Morgan fingerprint density at radius 1 is 0.415 bits per heavy atom. The van der Waals surface area contributed by atoms with Gasteiger partial charge >= 0.3 is 0 Å². The highest BCUT2D eigenvalue weighted by molar-refractivity contribution is 6.09. The van der Waals surface area contributed by atoms with Gasteiger partial charge in [0.05, 0.1) is 11.0 Å². The highest BCUT2D eigenvalue weighted by atomic mass is 15.0. The third-order valence-corrected chi connectivity index (χ3v) is 10.8. The van der Waals surface area contributed by atoms with Crippen LogP contribution in [0.15, 0.2) is 194 Å². The van der Waals surface area contributed by atoms with Gasteiger partial charge in [-0.3, -0.25) is 0 Å². The lowest BCUT2D eigenvalue weighted by Gasteiger charge is -2.19. The number of benzene rings is 8. The van der Waals surface area contributed by atoms with Gasteiger partial charge in [-0.15, -0.1) is 0 Å². The summed E-state index contributed by atoms with van der Waals surface area (Å²) in [6, 6.07) is 71.0. The number of para-hydroxylation sites is 2. The SMILES string of the molecule is Cc1ccccc1-c1ccccc1C(C)Cc1cccc(-c2ccccc2-c2ccccc2-c2cccc(-n3c4ccccc4c4ccccc43)c2)c1. The van der Waals surface area contributed by atoms with Gasteiger partial charge in [0.1, 0.15) is 0 Å². The molecule has 0 saturated heterocycles. The number of fused-ring (bicyclic) bond motifs is 3. The van der Waals surface area contributed by atoms with E-state index < -0.39 is 0 Å². The van der Waals surface area contributed by atoms with E-state index in [1.807, 2.05) is 0 Å². The van der Waals surface area contributed by atoms with Crippen LogP contribution >= 0.6 is 0 Å². The fraction of sp³-hybridized carbons (Fsp3) is 0.0769. The molecule has 1 atom stereocenters. The molecule has 1 heterocycles. The topological polar surface area (TPSA) is 4.93 Å². The first-order valence-electron chi connectivity index (χ1n) is 18.7. The summed E-state index contributed by atoms with van der Waals surface area (Å²) in [6.07, 6.45) is 0.963. The maximum Gasteiger partial charge on any atom is 0.0541 e. The van der Waals surface area contributed by atoms with Crippen LogP contribution in [0, 0.1) is 6.92 Å². The molecule has 254 valence electrons. The summed E-state index contributed by atoms with van der Waals surface area (Å²) in [5.41, 5.74) is 17.7. The average molecular weight is 680 g/mol. The van der Waals surface area contributed by atoms with Crippen LogP contribution in [0.5, 0.6) is 0 Å². The van der Waals surface area contributed by atoms with Crippen LogP contribution in [0.4, 0.5) is 0 Å². The van der Waals surface area contributed by atoms with Gasteiger partial charge in [-0.2, -0.15) is 0 Å². The lowest BCUT2D eigenvalue weighted by molar-refractivity contribution is 0.761. The van der Waals surface area contributed by atoms with Gasteiger partial charge in [0.15, 0.2) is 0 Å². The maximum atomic E-state index is 2.40. The molecule has 0 radical (unpaired) electrons. The van der Waals surface area contributed by atoms with E-state index in [0.717, 1.165) is 12.1 Å². The third kappa shape index (κ3) is 6.05. The molecule has 9 rings (SSSR count). The van der Waals surface area contributed by atoms with Gasteiger partial charge in [0.25, 0.3) is 0 Å². The van der Waals surface area contributed by atoms with Crippen LogP contribution in [0.3, 0.4) is 0 Å². The van der Waals surface area contributed by atoms with E-state index in [1.165, 1.54) is 83.0 Å². The highest BCUT2D eigenvalue weighted by Gasteiger charge is 2.17. The van der Waals surface area contributed by atoms with Crippen molar-refractivity contribution in [2.45, 2.75) is 26.2 Å². The van der Waals surface area contributed by atoms with E-state index in [0.29, 0.717) is 5.92 Å². The number of aryl methyl sites for hydroxylation is 1. The molecule has 0 spiro atoms. The highest BCUT2D eigenvalue weighted by Crippen LogP contribution is 2.40. The fourth-order valence-electron chi connectivity index (χ4n) is 8.33. The van der Waals surface area contributed by atoms with E-state index in [9.17, 15) is 0 Å². The molecule has 9 aromatic rings. The fourth-order valence-corrected chi connectivity index (χ4v) is 8.33. The van der Waals surface area contributed by atoms with Crippen molar-refractivity contribution in [1.82, 2.24) is 4.57 Å². The predicted octanol–water partition coefficient (Wildman–Crippen LogP) is 14.1. The molecule has 53 heavy (non-hydrogen) atoms. The van der Waals surface area contributed by atoms with Crippen molar-refractivity contribution in [3.8, 4) is 50.2 Å². The second-order valence-electron chi connectivity index (χ2n) is 14.2. The largest absolute Gasteiger partial charge is 0.309 e. The number of hydrogen-bond donors (Lipinski definition) is 0. The molecule has 1 aromatic heterocycles. The Labute approximate surface area is 312 Å². The molecular weight excluding hydrogens is 639 g/mol. The predicted molar refractivity (Wildman–Crippen MR) is 226 cm³/mol. The Morgan fingerprint density at radius 3 is 1.55 bits per heavy atom. The van der Waals surface area contributed by atoms with Crippen molar-refractivity contribution in [3.05, 3.63) is 211 Å². The zero-order chi connectivity index (χ0) is 35.7. The summed E-state index contributed by atoms with van der Waals surface area (Å²) in [7, 11) is 0. The summed E-state index contributed by atoms with van der Waals surface area (Å²) < 4.78 is 2.40. The lowest BCUT2D eigenvalue weighted by Crippen LogP contribution is -2.01.